The Morgan fingerprint density at radius 3 is 2.67 bits per heavy atom. The molecule has 0 saturated heterocycles. The standard InChI is InChI=1S/C15H21N3/c1-11(2)15-10-13(7-8-16)17-18(15)14-6-4-5-12(3)9-14/h4-6,9-11H,7-8,16H2,1-3H3. The average Bonchev–Trinajstić information content (AvgIpc) is 2.74. The van der Waals surface area contributed by atoms with Gasteiger partial charge in [-0.05, 0) is 43.1 Å². The molecule has 0 aliphatic carbocycles. The molecule has 0 radical (unpaired) electrons. The Hall–Kier alpha value is -1.61. The van der Waals surface area contributed by atoms with Crippen molar-refractivity contribution in [1.82, 2.24) is 9.78 Å². The third-order valence-electron chi connectivity index (χ3n) is 3.03. The minimum absolute atomic E-state index is 0.449. The fourth-order valence-corrected chi connectivity index (χ4v) is 2.09. The number of nitrogens with zero attached hydrogens (tertiary/aromatic N) is 2. The van der Waals surface area contributed by atoms with Crippen LogP contribution in [0.3, 0.4) is 0 Å². The predicted molar refractivity (Wildman–Crippen MR) is 75.1 cm³/mol. The van der Waals surface area contributed by atoms with Gasteiger partial charge >= 0.3 is 0 Å². The normalized spacial score (nSPS) is 11.2. The molecule has 3 heteroatoms. The van der Waals surface area contributed by atoms with Crippen molar-refractivity contribution >= 4 is 0 Å². The Balaban J connectivity index is 2.48. The SMILES string of the molecule is Cc1cccc(-n2nc(CCN)cc2C(C)C)c1. The molecule has 2 aromatic rings. The van der Waals surface area contributed by atoms with Crippen LogP contribution in [0.2, 0.25) is 0 Å². The molecule has 0 aliphatic heterocycles. The van der Waals surface area contributed by atoms with Crippen LogP contribution in [0.4, 0.5) is 0 Å². The molecule has 0 aliphatic rings. The number of aryl methyl sites for hydroxylation is 1. The Bertz CT molecular complexity index is 526. The molecule has 2 rings (SSSR count). The molecule has 96 valence electrons. The van der Waals surface area contributed by atoms with Gasteiger partial charge in [-0.25, -0.2) is 4.68 Å². The molecule has 0 unspecified atom stereocenters. The molecule has 0 amide bonds. The van der Waals surface area contributed by atoms with Crippen molar-refractivity contribution < 1.29 is 0 Å². The molecule has 1 heterocycles. The number of hydrogen-bond donors (Lipinski definition) is 1. The first kappa shape index (κ1) is 12.8. The van der Waals surface area contributed by atoms with E-state index in [9.17, 15) is 0 Å². The summed E-state index contributed by atoms with van der Waals surface area (Å²) >= 11 is 0. The quantitative estimate of drug-likeness (QED) is 0.897. The van der Waals surface area contributed by atoms with Gasteiger partial charge in [0.15, 0.2) is 0 Å². The van der Waals surface area contributed by atoms with Crippen LogP contribution in [-0.2, 0) is 6.42 Å². The molecule has 18 heavy (non-hydrogen) atoms. The minimum Gasteiger partial charge on any atom is -0.330 e. The molecular formula is C15H21N3. The lowest BCUT2D eigenvalue weighted by Gasteiger charge is -2.10. The number of benzene rings is 1. The van der Waals surface area contributed by atoms with Gasteiger partial charge in [0.25, 0.3) is 0 Å². The van der Waals surface area contributed by atoms with Gasteiger partial charge in [0.2, 0.25) is 0 Å². The van der Waals surface area contributed by atoms with E-state index in [0.717, 1.165) is 17.8 Å². The summed E-state index contributed by atoms with van der Waals surface area (Å²) < 4.78 is 2.04. The van der Waals surface area contributed by atoms with E-state index in [-0.39, 0.29) is 0 Å². The summed E-state index contributed by atoms with van der Waals surface area (Å²) in [4.78, 5) is 0. The Morgan fingerprint density at radius 2 is 2.06 bits per heavy atom. The van der Waals surface area contributed by atoms with Gasteiger partial charge in [0.05, 0.1) is 11.4 Å². The molecule has 1 aromatic heterocycles. The predicted octanol–water partition coefficient (Wildman–Crippen LogP) is 2.81. The number of nitrogens with two attached hydrogens (primary N) is 1. The highest BCUT2D eigenvalue weighted by Crippen LogP contribution is 2.21. The van der Waals surface area contributed by atoms with Gasteiger partial charge < -0.3 is 5.73 Å². The maximum absolute atomic E-state index is 5.61. The number of rotatable bonds is 4. The topological polar surface area (TPSA) is 43.8 Å². The molecule has 0 bridgehead atoms. The lowest BCUT2D eigenvalue weighted by molar-refractivity contribution is 0.725. The van der Waals surface area contributed by atoms with Crippen LogP contribution < -0.4 is 5.73 Å². The van der Waals surface area contributed by atoms with Crippen molar-refractivity contribution in [3.05, 3.63) is 47.3 Å². The highest BCUT2D eigenvalue weighted by molar-refractivity contribution is 5.37. The van der Waals surface area contributed by atoms with Crippen LogP contribution >= 0.6 is 0 Å². The van der Waals surface area contributed by atoms with Crippen molar-refractivity contribution in [2.24, 2.45) is 5.73 Å². The fraction of sp³-hybridized carbons (Fsp3) is 0.400. The zero-order chi connectivity index (χ0) is 13.1. The first-order chi connectivity index (χ1) is 8.61. The zero-order valence-corrected chi connectivity index (χ0v) is 11.4. The Kier molecular flexibility index (Phi) is 3.82. The Morgan fingerprint density at radius 1 is 1.28 bits per heavy atom. The monoisotopic (exact) mass is 243 g/mol. The Labute approximate surface area is 109 Å². The van der Waals surface area contributed by atoms with Crippen LogP contribution in [0.1, 0.15) is 36.7 Å². The van der Waals surface area contributed by atoms with Gasteiger partial charge in [-0.15, -0.1) is 0 Å². The molecule has 1 aromatic carbocycles. The molecule has 2 N–H and O–H groups in total. The lowest BCUT2D eigenvalue weighted by atomic mass is 10.1. The van der Waals surface area contributed by atoms with Crippen molar-refractivity contribution in [2.75, 3.05) is 6.54 Å². The van der Waals surface area contributed by atoms with Gasteiger partial charge in [0, 0.05) is 12.1 Å². The van der Waals surface area contributed by atoms with Gasteiger partial charge in [-0.1, -0.05) is 26.0 Å². The van der Waals surface area contributed by atoms with Crippen LogP contribution in [0.25, 0.3) is 5.69 Å². The van der Waals surface area contributed by atoms with Crippen molar-refractivity contribution in [2.45, 2.75) is 33.1 Å². The average molecular weight is 243 g/mol. The van der Waals surface area contributed by atoms with E-state index in [1.54, 1.807) is 0 Å². The first-order valence-electron chi connectivity index (χ1n) is 6.47. The summed E-state index contributed by atoms with van der Waals surface area (Å²) in [6, 6.07) is 10.6. The van der Waals surface area contributed by atoms with E-state index in [4.69, 9.17) is 5.73 Å². The summed E-state index contributed by atoms with van der Waals surface area (Å²) in [5.41, 5.74) is 10.3. The summed E-state index contributed by atoms with van der Waals surface area (Å²) in [5.74, 6) is 0.449. The van der Waals surface area contributed by atoms with Gasteiger partial charge in [-0.3, -0.25) is 0 Å². The number of aromatic nitrogens is 2. The van der Waals surface area contributed by atoms with E-state index in [1.165, 1.54) is 11.3 Å². The van der Waals surface area contributed by atoms with E-state index < -0.39 is 0 Å². The van der Waals surface area contributed by atoms with Crippen molar-refractivity contribution in [1.29, 1.82) is 0 Å². The molecule has 0 fully saturated rings. The second-order valence-electron chi connectivity index (χ2n) is 5.00. The van der Waals surface area contributed by atoms with Crippen LogP contribution in [0, 0.1) is 6.92 Å². The van der Waals surface area contributed by atoms with Gasteiger partial charge in [0.1, 0.15) is 0 Å². The van der Waals surface area contributed by atoms with E-state index >= 15 is 0 Å². The maximum Gasteiger partial charge on any atom is 0.0651 e. The summed E-state index contributed by atoms with van der Waals surface area (Å²) in [5, 5.41) is 4.67. The van der Waals surface area contributed by atoms with E-state index in [2.05, 4.69) is 56.2 Å². The van der Waals surface area contributed by atoms with Crippen molar-refractivity contribution in [3.63, 3.8) is 0 Å². The van der Waals surface area contributed by atoms with Crippen LogP contribution in [0.15, 0.2) is 30.3 Å². The third kappa shape index (κ3) is 2.62. The van der Waals surface area contributed by atoms with Gasteiger partial charge in [-0.2, -0.15) is 5.10 Å². The number of hydrogen-bond acceptors (Lipinski definition) is 2. The minimum atomic E-state index is 0.449. The summed E-state index contributed by atoms with van der Waals surface area (Å²) in [6.45, 7) is 7.12. The molecular weight excluding hydrogens is 222 g/mol. The lowest BCUT2D eigenvalue weighted by Crippen LogP contribution is -2.05. The maximum atomic E-state index is 5.61. The fourth-order valence-electron chi connectivity index (χ4n) is 2.09. The molecule has 3 nitrogen and oxygen atoms in total. The highest BCUT2D eigenvalue weighted by atomic mass is 15.3. The van der Waals surface area contributed by atoms with E-state index in [1.807, 2.05) is 4.68 Å². The zero-order valence-electron chi connectivity index (χ0n) is 11.4. The largest absolute Gasteiger partial charge is 0.330 e. The van der Waals surface area contributed by atoms with Crippen molar-refractivity contribution in [3.8, 4) is 5.69 Å². The smallest absolute Gasteiger partial charge is 0.0651 e. The second-order valence-corrected chi connectivity index (χ2v) is 5.00. The molecule has 0 atom stereocenters. The van der Waals surface area contributed by atoms with Crippen LogP contribution in [0.5, 0.6) is 0 Å². The first-order valence-corrected chi connectivity index (χ1v) is 6.47. The van der Waals surface area contributed by atoms with Crippen LogP contribution in [-0.4, -0.2) is 16.3 Å². The second kappa shape index (κ2) is 5.36. The third-order valence-corrected chi connectivity index (χ3v) is 3.03. The highest BCUT2D eigenvalue weighted by Gasteiger charge is 2.12. The van der Waals surface area contributed by atoms with E-state index in [0.29, 0.717) is 12.5 Å². The molecule has 0 saturated carbocycles. The summed E-state index contributed by atoms with van der Waals surface area (Å²) in [7, 11) is 0. The molecule has 0 spiro atoms. The summed E-state index contributed by atoms with van der Waals surface area (Å²) in [6.07, 6.45) is 0.832.